The van der Waals surface area contributed by atoms with E-state index in [-0.39, 0.29) is 17.1 Å². The number of benzene rings is 2. The zero-order chi connectivity index (χ0) is 21.9. The molecule has 0 radical (unpaired) electrons. The summed E-state index contributed by atoms with van der Waals surface area (Å²) in [6.07, 6.45) is 0.869. The van der Waals surface area contributed by atoms with E-state index in [1.165, 1.54) is 31.2 Å². The van der Waals surface area contributed by atoms with Gasteiger partial charge < -0.3 is 10.1 Å². The molecule has 1 aliphatic carbocycles. The maximum Gasteiger partial charge on any atom is 0.264 e. The third-order valence-electron chi connectivity index (χ3n) is 4.86. The van der Waals surface area contributed by atoms with Crippen LogP contribution in [0.5, 0.6) is 5.75 Å². The minimum absolute atomic E-state index is 0.107. The second kappa shape index (κ2) is 8.66. The van der Waals surface area contributed by atoms with Crippen molar-refractivity contribution in [2.45, 2.75) is 37.0 Å². The average molecular weight is 430 g/mol. The number of fused-ring (bicyclic) bond motifs is 1. The fourth-order valence-corrected chi connectivity index (χ4v) is 4.51. The van der Waals surface area contributed by atoms with Crippen LogP contribution in [0.3, 0.4) is 0 Å². The van der Waals surface area contributed by atoms with Crippen LogP contribution in [0, 0.1) is 0 Å². The molecule has 2 aromatic rings. The molecule has 8 nitrogen and oxygen atoms in total. The Labute approximate surface area is 174 Å². The summed E-state index contributed by atoms with van der Waals surface area (Å²) < 4.78 is 32.7. The Balaban J connectivity index is 1.71. The highest BCUT2D eigenvalue weighted by Gasteiger charge is 2.32. The van der Waals surface area contributed by atoms with Gasteiger partial charge >= 0.3 is 0 Å². The molecule has 0 aliphatic heterocycles. The molecule has 0 saturated carbocycles. The van der Waals surface area contributed by atoms with Gasteiger partial charge in [0.1, 0.15) is 11.5 Å². The molecule has 1 atom stereocenters. The number of Topliss-reactive ketones (excluding diaryl/α,β-unsaturated/α-hetero) is 1. The maximum absolute atomic E-state index is 12.7. The van der Waals surface area contributed by atoms with Gasteiger partial charge in [0.25, 0.3) is 10.0 Å². The highest BCUT2D eigenvalue weighted by Crippen LogP contribution is 2.38. The number of hydrogen-bond acceptors (Lipinski definition) is 6. The molecule has 0 spiro atoms. The highest BCUT2D eigenvalue weighted by atomic mass is 32.2. The monoisotopic (exact) mass is 430 g/mol. The van der Waals surface area contributed by atoms with Gasteiger partial charge in [-0.3, -0.25) is 14.4 Å². The molecule has 2 amide bonds. The molecule has 9 heteroatoms. The van der Waals surface area contributed by atoms with Crippen molar-refractivity contribution >= 4 is 33.3 Å². The number of anilines is 1. The largest absolute Gasteiger partial charge is 0.496 e. The average Bonchev–Trinajstić information content (AvgIpc) is 3.11. The van der Waals surface area contributed by atoms with Crippen molar-refractivity contribution in [3.05, 3.63) is 53.6 Å². The number of methoxy groups -OCH3 is 1. The normalized spacial score (nSPS) is 15.2. The number of nitrogens with one attached hydrogen (secondary N) is 2. The smallest absolute Gasteiger partial charge is 0.264 e. The first-order chi connectivity index (χ1) is 14.2. The van der Waals surface area contributed by atoms with Gasteiger partial charge in [-0.2, -0.15) is 0 Å². The predicted molar refractivity (Wildman–Crippen MR) is 110 cm³/mol. The van der Waals surface area contributed by atoms with Gasteiger partial charge in [0.2, 0.25) is 11.8 Å². The number of ether oxygens (including phenoxy) is 1. The molecule has 0 saturated heterocycles. The molecule has 1 unspecified atom stereocenters. The molecule has 0 heterocycles. The Bertz CT molecular complexity index is 1090. The molecule has 0 aromatic heterocycles. The van der Waals surface area contributed by atoms with Crippen LogP contribution in [0.2, 0.25) is 0 Å². The van der Waals surface area contributed by atoms with Crippen LogP contribution in [-0.4, -0.2) is 33.1 Å². The van der Waals surface area contributed by atoms with E-state index in [1.807, 2.05) is 6.07 Å². The summed E-state index contributed by atoms with van der Waals surface area (Å²) in [5.74, 6) is -1.24. The Morgan fingerprint density at radius 1 is 1.10 bits per heavy atom. The minimum Gasteiger partial charge on any atom is -0.496 e. The maximum atomic E-state index is 12.7. The first-order valence-corrected chi connectivity index (χ1v) is 10.8. The van der Waals surface area contributed by atoms with Gasteiger partial charge in [-0.05, 0) is 61.2 Å². The molecule has 3 rings (SSSR count). The topological polar surface area (TPSA) is 119 Å². The molecule has 0 fully saturated rings. The second-order valence-corrected chi connectivity index (χ2v) is 8.72. The van der Waals surface area contributed by atoms with Gasteiger partial charge in [-0.25, -0.2) is 13.1 Å². The SMILES string of the molecule is COc1cccc2c1CCC2C(=O)NS(=O)(=O)c1ccc(NC(=O)CC(C)=O)cc1. The number of sulfonamides is 1. The molecular formula is C21H22N2O6S. The van der Waals surface area contributed by atoms with Crippen LogP contribution in [0.4, 0.5) is 5.69 Å². The Morgan fingerprint density at radius 3 is 2.43 bits per heavy atom. The van der Waals surface area contributed by atoms with Crippen molar-refractivity contribution in [1.29, 1.82) is 0 Å². The van der Waals surface area contributed by atoms with E-state index in [9.17, 15) is 22.8 Å². The van der Waals surface area contributed by atoms with E-state index in [4.69, 9.17) is 4.74 Å². The Kier molecular flexibility index (Phi) is 6.21. The van der Waals surface area contributed by atoms with Crippen molar-refractivity contribution in [2.24, 2.45) is 0 Å². The minimum atomic E-state index is -4.08. The first kappa shape index (κ1) is 21.5. The number of ketones is 1. The number of hydrogen-bond donors (Lipinski definition) is 2. The quantitative estimate of drug-likeness (QED) is 0.650. The van der Waals surface area contributed by atoms with Crippen LogP contribution >= 0.6 is 0 Å². The van der Waals surface area contributed by atoms with E-state index >= 15 is 0 Å². The number of rotatable bonds is 7. The lowest BCUT2D eigenvalue weighted by atomic mass is 10.0. The summed E-state index contributed by atoms with van der Waals surface area (Å²) in [7, 11) is -2.52. The highest BCUT2D eigenvalue weighted by molar-refractivity contribution is 7.90. The van der Waals surface area contributed by atoms with Crippen molar-refractivity contribution in [2.75, 3.05) is 12.4 Å². The summed E-state index contributed by atoms with van der Waals surface area (Å²) in [5.41, 5.74) is 2.04. The van der Waals surface area contributed by atoms with Crippen LogP contribution in [-0.2, 0) is 30.8 Å². The summed E-state index contributed by atoms with van der Waals surface area (Å²) in [4.78, 5) is 35.2. The van der Waals surface area contributed by atoms with E-state index in [1.54, 1.807) is 19.2 Å². The number of carbonyl (C=O) groups is 3. The van der Waals surface area contributed by atoms with Gasteiger partial charge in [0.15, 0.2) is 0 Å². The third-order valence-corrected chi connectivity index (χ3v) is 6.22. The van der Waals surface area contributed by atoms with E-state index < -0.39 is 27.8 Å². The number of amides is 2. The van der Waals surface area contributed by atoms with Crippen LogP contribution in [0.1, 0.15) is 36.8 Å². The lowest BCUT2D eigenvalue weighted by Gasteiger charge is -2.14. The Hall–Kier alpha value is -3.20. The molecule has 2 aromatic carbocycles. The third kappa shape index (κ3) is 4.68. The van der Waals surface area contributed by atoms with Crippen LogP contribution < -0.4 is 14.8 Å². The standard InChI is InChI=1S/C21H22N2O6S/c1-13(24)12-20(25)22-14-6-8-15(9-7-14)30(27,28)23-21(26)18-11-10-17-16(18)4-3-5-19(17)29-2/h3-9,18H,10-12H2,1-2H3,(H,22,25)(H,23,26). The zero-order valence-corrected chi connectivity index (χ0v) is 17.4. The van der Waals surface area contributed by atoms with Gasteiger partial charge in [-0.1, -0.05) is 12.1 Å². The summed E-state index contributed by atoms with van der Waals surface area (Å²) in [6, 6.07) is 10.7. The van der Waals surface area contributed by atoms with Gasteiger partial charge in [0.05, 0.1) is 24.3 Å². The van der Waals surface area contributed by atoms with Gasteiger partial charge in [0, 0.05) is 5.69 Å². The van der Waals surface area contributed by atoms with Crippen molar-refractivity contribution in [1.82, 2.24) is 4.72 Å². The lowest BCUT2D eigenvalue weighted by molar-refractivity contribution is -0.124. The van der Waals surface area contributed by atoms with E-state index in [0.717, 1.165) is 11.1 Å². The molecule has 2 N–H and O–H groups in total. The summed E-state index contributed by atoms with van der Waals surface area (Å²) in [6.45, 7) is 1.30. The second-order valence-electron chi connectivity index (χ2n) is 7.04. The summed E-state index contributed by atoms with van der Waals surface area (Å²) in [5, 5.41) is 2.51. The number of carbonyl (C=O) groups excluding carboxylic acids is 3. The van der Waals surface area contributed by atoms with E-state index in [2.05, 4.69) is 10.0 Å². The van der Waals surface area contributed by atoms with Crippen LogP contribution in [0.15, 0.2) is 47.4 Å². The molecule has 30 heavy (non-hydrogen) atoms. The van der Waals surface area contributed by atoms with Crippen molar-refractivity contribution < 1.29 is 27.5 Å². The molecule has 158 valence electrons. The lowest BCUT2D eigenvalue weighted by Crippen LogP contribution is -2.34. The van der Waals surface area contributed by atoms with Crippen molar-refractivity contribution in [3.63, 3.8) is 0 Å². The summed E-state index contributed by atoms with van der Waals surface area (Å²) >= 11 is 0. The van der Waals surface area contributed by atoms with Crippen LogP contribution in [0.25, 0.3) is 0 Å². The molecular weight excluding hydrogens is 408 g/mol. The fraction of sp³-hybridized carbons (Fsp3) is 0.286. The molecule has 1 aliphatic rings. The Morgan fingerprint density at radius 2 is 1.80 bits per heavy atom. The van der Waals surface area contributed by atoms with Crippen molar-refractivity contribution in [3.8, 4) is 5.75 Å². The van der Waals surface area contributed by atoms with Gasteiger partial charge in [-0.15, -0.1) is 0 Å². The predicted octanol–water partition coefficient (Wildman–Crippen LogP) is 2.15. The fourth-order valence-electron chi connectivity index (χ4n) is 3.50. The zero-order valence-electron chi connectivity index (χ0n) is 16.6. The first-order valence-electron chi connectivity index (χ1n) is 9.33. The van der Waals surface area contributed by atoms with E-state index in [0.29, 0.717) is 24.3 Å². The molecule has 0 bridgehead atoms.